The molecule has 2 unspecified atom stereocenters. The van der Waals surface area contributed by atoms with Gasteiger partial charge in [0, 0.05) is 70.0 Å². The number of nitrogen functional groups attached to an aromatic ring is 1. The van der Waals surface area contributed by atoms with Gasteiger partial charge in [-0.3, -0.25) is 14.4 Å². The molecule has 0 aliphatic carbocycles. The summed E-state index contributed by atoms with van der Waals surface area (Å²) < 4.78 is 0. The molecule has 9 rings (SSSR count). The molecule has 0 spiro atoms. The molecule has 8 aromatic rings. The summed E-state index contributed by atoms with van der Waals surface area (Å²) in [6.45, 7) is 0. The zero-order chi connectivity index (χ0) is 42.9. The Balaban J connectivity index is 0.000000159. The summed E-state index contributed by atoms with van der Waals surface area (Å²) in [4.78, 5) is 42.2. The number of aromatic amines is 2. The van der Waals surface area contributed by atoms with Crippen molar-refractivity contribution in [3.05, 3.63) is 198 Å². The van der Waals surface area contributed by atoms with Gasteiger partial charge >= 0.3 is 0 Å². The molecule has 304 valence electrons. The van der Waals surface area contributed by atoms with Gasteiger partial charge in [-0.15, -0.1) is 0 Å². The third-order valence-corrected chi connectivity index (χ3v) is 10.8. The van der Waals surface area contributed by atoms with Crippen molar-refractivity contribution in [2.24, 2.45) is 0 Å². The summed E-state index contributed by atoms with van der Waals surface area (Å²) in [7, 11) is 0. The lowest BCUT2D eigenvalue weighted by Crippen LogP contribution is -2.53. The average molecular weight is 938 g/mol. The molecule has 2 aromatic heterocycles. The lowest BCUT2D eigenvalue weighted by atomic mass is 9.79. The van der Waals surface area contributed by atoms with Crippen LogP contribution in [0.2, 0.25) is 30.1 Å². The Morgan fingerprint density at radius 3 is 1.58 bits per heavy atom. The van der Waals surface area contributed by atoms with Crippen LogP contribution in [0.4, 0.5) is 11.4 Å². The molecule has 0 radical (unpaired) electrons. The lowest BCUT2D eigenvalue weighted by Gasteiger charge is -2.47. The van der Waals surface area contributed by atoms with Crippen molar-refractivity contribution >= 4 is 132 Å². The number of rotatable bonds is 6. The summed E-state index contributed by atoms with van der Waals surface area (Å²) in [6, 6.07) is 43.8. The zero-order valence-electron chi connectivity index (χ0n) is 31.2. The van der Waals surface area contributed by atoms with Crippen LogP contribution in [-0.2, 0) is 16.0 Å². The fourth-order valence-corrected chi connectivity index (χ4v) is 7.39. The van der Waals surface area contributed by atoms with Crippen LogP contribution in [0.25, 0.3) is 21.8 Å². The number of amides is 1. The Morgan fingerprint density at radius 1 is 0.600 bits per heavy atom. The summed E-state index contributed by atoms with van der Waals surface area (Å²) in [5.74, 6) is -0.261. The minimum atomic E-state index is -0.354. The van der Waals surface area contributed by atoms with Crippen LogP contribution in [0.1, 0.15) is 39.3 Å². The molecule has 1 fully saturated rings. The number of H-pyrrole nitrogens is 2. The van der Waals surface area contributed by atoms with Crippen LogP contribution in [-0.4, -0.2) is 27.4 Å². The van der Waals surface area contributed by atoms with Gasteiger partial charge in [-0.1, -0.05) is 106 Å². The van der Waals surface area contributed by atoms with Crippen LogP contribution in [0.5, 0.6) is 0 Å². The quantitative estimate of drug-likeness (QED) is 0.0667. The SMILES string of the molecule is Nc1ccc(Cl)cc1.O=C(Cl)Cc1ccc(Cl)cc1.O=C1C(c2ccc(Cl)cc2)C(c2cc3ccc(Cl)cc3[nH]2)N1c1ccc(Cl)cc1.O=Cc1cc2ccc(Cl)cc2[nH]1. The van der Waals surface area contributed by atoms with E-state index in [1.165, 1.54) is 0 Å². The molecule has 60 heavy (non-hydrogen) atoms. The maximum Gasteiger partial charge on any atom is 0.237 e. The van der Waals surface area contributed by atoms with E-state index in [1.54, 1.807) is 78.9 Å². The highest BCUT2D eigenvalue weighted by Crippen LogP contribution is 2.49. The first-order chi connectivity index (χ1) is 28.8. The number of anilines is 2. The number of carbonyl (C=O) groups excluding carboxylic acids is 3. The second-order valence-corrected chi connectivity index (χ2v) is 16.4. The molecule has 1 saturated heterocycles. The van der Waals surface area contributed by atoms with Crippen molar-refractivity contribution in [1.82, 2.24) is 9.97 Å². The van der Waals surface area contributed by atoms with E-state index in [4.69, 9.17) is 86.9 Å². The van der Waals surface area contributed by atoms with Crippen molar-refractivity contribution in [3.8, 4) is 0 Å². The number of benzene rings is 6. The zero-order valence-corrected chi connectivity index (χ0v) is 36.5. The molecule has 0 bridgehead atoms. The predicted octanol–water partition coefficient (Wildman–Crippen LogP) is 14.2. The minimum absolute atomic E-state index is 0.0383. The molecule has 1 amide bonds. The normalized spacial score (nSPS) is 14.2. The number of halogens is 7. The van der Waals surface area contributed by atoms with Gasteiger partial charge < -0.3 is 20.6 Å². The van der Waals surface area contributed by atoms with Gasteiger partial charge in [0.05, 0.1) is 17.7 Å². The molecule has 6 aromatic carbocycles. The fourth-order valence-electron chi connectivity index (χ4n) is 6.38. The molecule has 4 N–H and O–H groups in total. The van der Waals surface area contributed by atoms with Crippen molar-refractivity contribution in [2.75, 3.05) is 10.6 Å². The van der Waals surface area contributed by atoms with Gasteiger partial charge in [0.2, 0.25) is 11.1 Å². The molecule has 0 saturated carbocycles. The predicted molar refractivity (Wildman–Crippen MR) is 250 cm³/mol. The molecule has 14 heteroatoms. The van der Waals surface area contributed by atoms with Crippen LogP contribution >= 0.6 is 81.2 Å². The number of nitrogens with two attached hydrogens (primary N) is 1. The van der Waals surface area contributed by atoms with Gasteiger partial charge in [0.25, 0.3) is 0 Å². The number of β-lactam (4-membered cyclic amide) rings is 1. The van der Waals surface area contributed by atoms with Crippen LogP contribution in [0.3, 0.4) is 0 Å². The number of nitrogens with one attached hydrogen (secondary N) is 2. The fraction of sp³-hybridized carbons (Fsp3) is 0.0652. The Bertz CT molecular complexity index is 2660. The van der Waals surface area contributed by atoms with Gasteiger partial charge in [-0.2, -0.15) is 0 Å². The number of nitrogens with zero attached hydrogens (tertiary/aromatic N) is 1. The van der Waals surface area contributed by atoms with E-state index < -0.39 is 0 Å². The van der Waals surface area contributed by atoms with E-state index in [0.29, 0.717) is 30.8 Å². The van der Waals surface area contributed by atoms with Crippen molar-refractivity contribution in [3.63, 3.8) is 0 Å². The van der Waals surface area contributed by atoms with E-state index in [-0.39, 0.29) is 29.5 Å². The number of aromatic nitrogens is 2. The van der Waals surface area contributed by atoms with Gasteiger partial charge in [0.1, 0.15) is 0 Å². The largest absolute Gasteiger partial charge is 0.399 e. The monoisotopic (exact) mass is 934 g/mol. The maximum atomic E-state index is 13.2. The first-order valence-electron chi connectivity index (χ1n) is 18.1. The van der Waals surface area contributed by atoms with Gasteiger partial charge in [-0.25, -0.2) is 0 Å². The number of fused-ring (bicyclic) bond motifs is 2. The molecule has 2 atom stereocenters. The van der Waals surface area contributed by atoms with Crippen LogP contribution < -0.4 is 10.6 Å². The van der Waals surface area contributed by atoms with E-state index in [0.717, 1.165) is 61.3 Å². The topological polar surface area (TPSA) is 112 Å². The number of aldehydes is 1. The second-order valence-electron chi connectivity index (χ2n) is 13.4. The molecule has 3 heterocycles. The van der Waals surface area contributed by atoms with Crippen LogP contribution in [0.15, 0.2) is 146 Å². The molecular formula is C46H33Cl7N4O3. The number of hydrogen-bond acceptors (Lipinski definition) is 4. The molecular weight excluding hydrogens is 905 g/mol. The standard InChI is InChI=1S/C23H15Cl3N2O.C9H6ClNO.C8H6Cl2O.C6H6ClN/c24-15-4-1-13(2-5-15)21-22(20-11-14-3-6-17(26)12-19(14)27-20)28(23(21)29)18-9-7-16(25)8-10-18;10-7-2-1-6-3-8(5-12)11-9(6)4-7;9-7-3-1-6(2-4-7)5-8(10)11;7-5-1-3-6(8)4-2-5/h1-12,21-22,27H;1-5,11H;1-4H,5H2;1-4H,8H2. The Kier molecular flexibility index (Phi) is 15.3. The maximum absolute atomic E-state index is 13.2. The second kappa shape index (κ2) is 20.5. The third kappa shape index (κ3) is 11.6. The highest BCUT2D eigenvalue weighted by Gasteiger charge is 2.50. The van der Waals surface area contributed by atoms with Crippen molar-refractivity contribution < 1.29 is 14.4 Å². The molecule has 1 aliphatic heterocycles. The Labute approximate surface area is 380 Å². The van der Waals surface area contributed by atoms with E-state index in [9.17, 15) is 14.4 Å². The van der Waals surface area contributed by atoms with E-state index in [2.05, 4.69) is 16.0 Å². The molecule has 7 nitrogen and oxygen atoms in total. The van der Waals surface area contributed by atoms with Gasteiger partial charge in [-0.05, 0) is 137 Å². The Hall–Kier alpha value is -4.96. The summed E-state index contributed by atoms with van der Waals surface area (Å²) in [5, 5.41) is 5.69. The molecule has 1 aliphatic rings. The first kappa shape index (κ1) is 44.6. The summed E-state index contributed by atoms with van der Waals surface area (Å²) >= 11 is 40.4. The van der Waals surface area contributed by atoms with Gasteiger partial charge in [0.15, 0.2) is 6.29 Å². The smallest absolute Gasteiger partial charge is 0.237 e. The van der Waals surface area contributed by atoms with E-state index in [1.807, 2.05) is 65.6 Å². The van der Waals surface area contributed by atoms with E-state index >= 15 is 0 Å². The van der Waals surface area contributed by atoms with Crippen LogP contribution in [0, 0.1) is 0 Å². The highest BCUT2D eigenvalue weighted by atomic mass is 35.5. The first-order valence-corrected chi connectivity index (χ1v) is 20.7. The van der Waals surface area contributed by atoms with Crippen molar-refractivity contribution in [2.45, 2.75) is 18.4 Å². The summed E-state index contributed by atoms with van der Waals surface area (Å²) in [5.41, 5.74) is 12.1. The number of carbonyl (C=O) groups is 3. The minimum Gasteiger partial charge on any atom is -0.399 e. The highest BCUT2D eigenvalue weighted by molar-refractivity contribution is 6.63. The summed E-state index contributed by atoms with van der Waals surface area (Å²) in [6.07, 6.45) is 1.05. The lowest BCUT2D eigenvalue weighted by molar-refractivity contribution is -0.126. The van der Waals surface area contributed by atoms with Crippen molar-refractivity contribution in [1.29, 1.82) is 0 Å². The number of hydrogen-bond donors (Lipinski definition) is 3. The Morgan fingerprint density at radius 2 is 1.07 bits per heavy atom. The third-order valence-electron chi connectivity index (χ3n) is 9.21. The average Bonchev–Trinajstić information content (AvgIpc) is 3.84.